The molecule has 2 aliphatic carbocycles. The Bertz CT molecular complexity index is 708. The Morgan fingerprint density at radius 1 is 1.08 bits per heavy atom. The second-order valence-corrected chi connectivity index (χ2v) is 8.18. The Morgan fingerprint density at radius 3 is 2.56 bits per heavy atom. The second kappa shape index (κ2) is 7.27. The fraction of sp³-hybridized carbons (Fsp3) is 0.667. The van der Waals surface area contributed by atoms with Gasteiger partial charge in [0.05, 0.1) is 11.9 Å². The summed E-state index contributed by atoms with van der Waals surface area (Å²) in [6, 6.07) is 2.46. The van der Waals surface area contributed by atoms with E-state index in [1.54, 1.807) is 0 Å². The summed E-state index contributed by atoms with van der Waals surface area (Å²) in [5.74, 6) is 2.42. The van der Waals surface area contributed by atoms with Crippen LogP contribution in [0.3, 0.4) is 0 Å². The van der Waals surface area contributed by atoms with Crippen LogP contribution in [0.25, 0.3) is 11.3 Å². The van der Waals surface area contributed by atoms with Gasteiger partial charge in [-0.1, -0.05) is 38.5 Å². The third-order valence-electron chi connectivity index (χ3n) is 6.02. The number of hydrogen-bond acceptors (Lipinski definition) is 3. The van der Waals surface area contributed by atoms with Gasteiger partial charge >= 0.3 is 0 Å². The van der Waals surface area contributed by atoms with Gasteiger partial charge in [0.2, 0.25) is 0 Å². The predicted molar refractivity (Wildman–Crippen MR) is 101 cm³/mol. The van der Waals surface area contributed by atoms with Gasteiger partial charge in [0.1, 0.15) is 5.82 Å². The van der Waals surface area contributed by atoms with E-state index in [9.17, 15) is 0 Å². The molecule has 0 unspecified atom stereocenters. The van der Waals surface area contributed by atoms with Crippen molar-refractivity contribution in [2.24, 2.45) is 5.92 Å². The summed E-state index contributed by atoms with van der Waals surface area (Å²) < 4.78 is 2.20. The van der Waals surface area contributed by atoms with Crippen LogP contribution in [-0.4, -0.2) is 19.7 Å². The number of aromatic nitrogens is 4. The Labute approximate surface area is 151 Å². The lowest BCUT2D eigenvalue weighted by molar-refractivity contribution is 0.305. The molecule has 0 aliphatic heterocycles. The van der Waals surface area contributed by atoms with Crippen molar-refractivity contribution in [1.82, 2.24) is 19.7 Å². The van der Waals surface area contributed by atoms with Gasteiger partial charge in [-0.25, -0.2) is 9.97 Å². The highest BCUT2D eigenvalue weighted by molar-refractivity contribution is 5.61. The largest absolute Gasteiger partial charge is 0.266 e. The monoisotopic (exact) mass is 338 g/mol. The van der Waals surface area contributed by atoms with Crippen LogP contribution >= 0.6 is 0 Å². The van der Waals surface area contributed by atoms with Crippen LogP contribution < -0.4 is 0 Å². The van der Waals surface area contributed by atoms with E-state index in [0.717, 1.165) is 23.9 Å². The average Bonchev–Trinajstić information content (AvgIpc) is 3.03. The molecule has 25 heavy (non-hydrogen) atoms. The summed E-state index contributed by atoms with van der Waals surface area (Å²) >= 11 is 0. The topological polar surface area (TPSA) is 43.6 Å². The lowest BCUT2D eigenvalue weighted by Gasteiger charge is -2.26. The van der Waals surface area contributed by atoms with Crippen LogP contribution in [0.2, 0.25) is 0 Å². The Kier molecular flexibility index (Phi) is 4.87. The second-order valence-electron chi connectivity index (χ2n) is 8.18. The summed E-state index contributed by atoms with van der Waals surface area (Å²) in [6.45, 7) is 4.43. The highest BCUT2D eigenvalue weighted by Gasteiger charge is 2.24. The molecule has 4 nitrogen and oxygen atoms in total. The van der Waals surface area contributed by atoms with Crippen LogP contribution in [-0.2, 0) is 6.42 Å². The molecule has 2 saturated carbocycles. The van der Waals surface area contributed by atoms with Crippen molar-refractivity contribution in [3.8, 4) is 11.3 Å². The van der Waals surface area contributed by atoms with Gasteiger partial charge in [0, 0.05) is 29.4 Å². The van der Waals surface area contributed by atoms with Gasteiger partial charge in [0.15, 0.2) is 0 Å². The van der Waals surface area contributed by atoms with E-state index in [0.29, 0.717) is 12.0 Å². The molecule has 0 N–H and O–H groups in total. The summed E-state index contributed by atoms with van der Waals surface area (Å²) in [4.78, 5) is 9.60. The molecule has 4 rings (SSSR count). The fourth-order valence-electron chi connectivity index (χ4n) is 4.30. The first-order valence-corrected chi connectivity index (χ1v) is 10.1. The summed E-state index contributed by atoms with van der Waals surface area (Å²) in [6.07, 6.45) is 15.7. The van der Waals surface area contributed by atoms with E-state index in [4.69, 9.17) is 10.1 Å². The van der Waals surface area contributed by atoms with Crippen LogP contribution in [0.1, 0.15) is 88.7 Å². The van der Waals surface area contributed by atoms with E-state index in [1.165, 1.54) is 62.6 Å². The zero-order valence-corrected chi connectivity index (χ0v) is 15.6. The van der Waals surface area contributed by atoms with E-state index in [-0.39, 0.29) is 0 Å². The minimum Gasteiger partial charge on any atom is -0.266 e. The maximum Gasteiger partial charge on any atom is 0.132 e. The maximum absolute atomic E-state index is 4.99. The number of rotatable bonds is 5. The quantitative estimate of drug-likeness (QED) is 0.742. The molecular formula is C21H30N4. The molecular weight excluding hydrogens is 308 g/mol. The normalized spacial score (nSPS) is 19.3. The summed E-state index contributed by atoms with van der Waals surface area (Å²) in [7, 11) is 0. The van der Waals surface area contributed by atoms with Gasteiger partial charge < -0.3 is 0 Å². The zero-order chi connectivity index (χ0) is 17.2. The van der Waals surface area contributed by atoms with Gasteiger partial charge in [-0.3, -0.25) is 4.68 Å². The van der Waals surface area contributed by atoms with Crippen molar-refractivity contribution in [3.05, 3.63) is 30.0 Å². The van der Waals surface area contributed by atoms with E-state index < -0.39 is 0 Å². The minimum absolute atomic E-state index is 0.392. The lowest BCUT2D eigenvalue weighted by atomic mass is 9.81. The first-order valence-electron chi connectivity index (χ1n) is 10.1. The number of hydrogen-bond donors (Lipinski definition) is 0. The molecule has 0 atom stereocenters. The molecule has 0 aromatic carbocycles. The lowest BCUT2D eigenvalue weighted by Crippen LogP contribution is -2.18. The molecule has 134 valence electrons. The Balaban J connectivity index is 1.66. The highest BCUT2D eigenvalue weighted by Crippen LogP contribution is 2.35. The van der Waals surface area contributed by atoms with Gasteiger partial charge in [-0.15, -0.1) is 0 Å². The van der Waals surface area contributed by atoms with Crippen molar-refractivity contribution < 1.29 is 0 Å². The molecule has 0 saturated heterocycles. The molecule has 2 fully saturated rings. The predicted octanol–water partition coefficient (Wildman–Crippen LogP) is 5.31. The molecule has 2 aromatic heterocycles. The third-order valence-corrected chi connectivity index (χ3v) is 6.02. The molecule has 0 spiro atoms. The van der Waals surface area contributed by atoms with Crippen molar-refractivity contribution >= 4 is 0 Å². The van der Waals surface area contributed by atoms with Crippen molar-refractivity contribution in [2.75, 3.05) is 0 Å². The average molecular weight is 338 g/mol. The summed E-state index contributed by atoms with van der Waals surface area (Å²) in [5.41, 5.74) is 3.66. The van der Waals surface area contributed by atoms with E-state index in [2.05, 4.69) is 29.6 Å². The minimum atomic E-state index is 0.392. The zero-order valence-electron chi connectivity index (χ0n) is 15.6. The molecule has 0 bridgehead atoms. The van der Waals surface area contributed by atoms with Crippen molar-refractivity contribution in [3.63, 3.8) is 0 Å². The SMILES string of the molecule is CC(C)n1ncc(-c2ccnc(C3CCCCC3)n2)c1CC1CCC1. The highest BCUT2D eigenvalue weighted by atomic mass is 15.3. The van der Waals surface area contributed by atoms with E-state index >= 15 is 0 Å². The van der Waals surface area contributed by atoms with Gasteiger partial charge in [-0.2, -0.15) is 5.10 Å². The number of nitrogens with zero attached hydrogens (tertiary/aromatic N) is 4. The van der Waals surface area contributed by atoms with Crippen LogP contribution in [0.5, 0.6) is 0 Å². The summed E-state index contributed by atoms with van der Waals surface area (Å²) in [5, 5.41) is 4.70. The van der Waals surface area contributed by atoms with E-state index in [1.807, 2.05) is 12.4 Å². The molecule has 0 radical (unpaired) electrons. The Morgan fingerprint density at radius 2 is 1.88 bits per heavy atom. The standard InChI is InChI=1S/C21H30N4/c1-15(2)25-20(13-16-7-6-8-16)18(14-23-25)19-11-12-22-21(24-19)17-9-4-3-5-10-17/h11-12,14-17H,3-10,13H2,1-2H3. The van der Waals surface area contributed by atoms with Gasteiger partial charge in [0.25, 0.3) is 0 Å². The smallest absolute Gasteiger partial charge is 0.132 e. The van der Waals surface area contributed by atoms with Crippen LogP contribution in [0.4, 0.5) is 0 Å². The first-order chi connectivity index (χ1) is 12.2. The molecule has 2 aliphatic rings. The third kappa shape index (κ3) is 3.49. The molecule has 4 heteroatoms. The van der Waals surface area contributed by atoms with Crippen molar-refractivity contribution in [2.45, 2.75) is 83.6 Å². The van der Waals surface area contributed by atoms with Crippen LogP contribution in [0, 0.1) is 5.92 Å². The van der Waals surface area contributed by atoms with Gasteiger partial charge in [-0.05, 0) is 45.1 Å². The maximum atomic E-state index is 4.99. The molecule has 0 amide bonds. The van der Waals surface area contributed by atoms with Crippen LogP contribution in [0.15, 0.2) is 18.5 Å². The Hall–Kier alpha value is -1.71. The first kappa shape index (κ1) is 16.7. The van der Waals surface area contributed by atoms with Crippen molar-refractivity contribution in [1.29, 1.82) is 0 Å². The molecule has 2 heterocycles. The fourth-order valence-corrected chi connectivity index (χ4v) is 4.30. The molecule has 2 aromatic rings.